The Morgan fingerprint density at radius 3 is 2.33 bits per heavy atom. The van der Waals surface area contributed by atoms with E-state index in [1.807, 2.05) is 0 Å². The molecular formula is C13H12O2. The SMILES string of the molecule is C=CC(O)C(O)/C=C/C#CC#CC#CC. The van der Waals surface area contributed by atoms with Gasteiger partial charge in [0.05, 0.1) is 0 Å². The highest BCUT2D eigenvalue weighted by atomic mass is 16.3. The molecule has 15 heavy (non-hydrogen) atoms. The molecule has 0 bridgehead atoms. The van der Waals surface area contributed by atoms with E-state index in [4.69, 9.17) is 5.11 Å². The summed E-state index contributed by atoms with van der Waals surface area (Å²) in [4.78, 5) is 0. The van der Waals surface area contributed by atoms with Crippen LogP contribution in [0, 0.1) is 35.5 Å². The summed E-state index contributed by atoms with van der Waals surface area (Å²) in [6.45, 7) is 5.03. The van der Waals surface area contributed by atoms with Gasteiger partial charge in [-0.15, -0.1) is 6.58 Å². The van der Waals surface area contributed by atoms with Gasteiger partial charge in [0.1, 0.15) is 12.2 Å². The van der Waals surface area contributed by atoms with E-state index in [1.54, 1.807) is 6.92 Å². The second kappa shape index (κ2) is 8.67. The van der Waals surface area contributed by atoms with Crippen LogP contribution in [0.15, 0.2) is 24.8 Å². The average molecular weight is 200 g/mol. The summed E-state index contributed by atoms with van der Waals surface area (Å²) in [6, 6.07) is 0. The zero-order chi connectivity index (χ0) is 11.5. The van der Waals surface area contributed by atoms with Crippen LogP contribution in [0.3, 0.4) is 0 Å². The van der Waals surface area contributed by atoms with E-state index in [0.29, 0.717) is 0 Å². The number of aliphatic hydroxyl groups is 2. The molecule has 2 heteroatoms. The second-order valence-corrected chi connectivity index (χ2v) is 2.47. The molecule has 0 aromatic rings. The molecule has 0 heterocycles. The number of hydrogen-bond donors (Lipinski definition) is 2. The van der Waals surface area contributed by atoms with Crippen LogP contribution in [0.2, 0.25) is 0 Å². The molecule has 0 saturated carbocycles. The zero-order valence-corrected chi connectivity index (χ0v) is 8.49. The largest absolute Gasteiger partial charge is 0.386 e. The third kappa shape index (κ3) is 7.17. The van der Waals surface area contributed by atoms with E-state index in [-0.39, 0.29) is 0 Å². The molecule has 2 unspecified atom stereocenters. The van der Waals surface area contributed by atoms with Gasteiger partial charge in [0.15, 0.2) is 0 Å². The quantitative estimate of drug-likeness (QED) is 0.514. The highest BCUT2D eigenvalue weighted by Gasteiger charge is 2.06. The molecule has 0 amide bonds. The molecule has 0 radical (unpaired) electrons. The predicted octanol–water partition coefficient (Wildman–Crippen LogP) is 0.480. The van der Waals surface area contributed by atoms with Crippen molar-refractivity contribution >= 4 is 0 Å². The van der Waals surface area contributed by atoms with Crippen molar-refractivity contribution in [2.24, 2.45) is 0 Å². The summed E-state index contributed by atoms with van der Waals surface area (Å²) < 4.78 is 0. The molecule has 0 saturated heterocycles. The normalized spacial score (nSPS) is 12.2. The van der Waals surface area contributed by atoms with Gasteiger partial charge in [0.25, 0.3) is 0 Å². The Kier molecular flexibility index (Phi) is 7.56. The van der Waals surface area contributed by atoms with Gasteiger partial charge in [0, 0.05) is 0 Å². The summed E-state index contributed by atoms with van der Waals surface area (Å²) in [5, 5.41) is 18.3. The molecule has 2 nitrogen and oxygen atoms in total. The van der Waals surface area contributed by atoms with Crippen molar-refractivity contribution in [1.82, 2.24) is 0 Å². The molecular weight excluding hydrogens is 188 g/mol. The first kappa shape index (κ1) is 13.1. The summed E-state index contributed by atoms with van der Waals surface area (Å²) in [7, 11) is 0. The van der Waals surface area contributed by atoms with Crippen molar-refractivity contribution in [2.75, 3.05) is 0 Å². The van der Waals surface area contributed by atoms with Crippen LogP contribution in [0.4, 0.5) is 0 Å². The van der Waals surface area contributed by atoms with Crippen LogP contribution in [0.25, 0.3) is 0 Å². The minimum Gasteiger partial charge on any atom is -0.386 e. The lowest BCUT2D eigenvalue weighted by molar-refractivity contribution is 0.0811. The van der Waals surface area contributed by atoms with Crippen molar-refractivity contribution in [1.29, 1.82) is 0 Å². The Balaban J connectivity index is 4.14. The first-order valence-electron chi connectivity index (χ1n) is 4.30. The van der Waals surface area contributed by atoms with E-state index in [2.05, 4.69) is 42.1 Å². The van der Waals surface area contributed by atoms with E-state index < -0.39 is 12.2 Å². The van der Waals surface area contributed by atoms with Crippen molar-refractivity contribution in [2.45, 2.75) is 19.1 Å². The van der Waals surface area contributed by atoms with E-state index in [0.717, 1.165) is 0 Å². The first-order valence-corrected chi connectivity index (χ1v) is 4.30. The third-order valence-corrected chi connectivity index (χ3v) is 1.35. The van der Waals surface area contributed by atoms with Crippen LogP contribution >= 0.6 is 0 Å². The van der Waals surface area contributed by atoms with Crippen molar-refractivity contribution in [3.63, 3.8) is 0 Å². The van der Waals surface area contributed by atoms with Crippen LogP contribution in [0.1, 0.15) is 6.92 Å². The molecule has 0 aliphatic carbocycles. The lowest BCUT2D eigenvalue weighted by Crippen LogP contribution is -2.20. The fourth-order valence-electron chi connectivity index (χ4n) is 0.603. The molecule has 0 fully saturated rings. The Hall–Kier alpha value is -1.92. The summed E-state index contributed by atoms with van der Waals surface area (Å²) in [5.41, 5.74) is 0. The molecule has 76 valence electrons. The van der Waals surface area contributed by atoms with Gasteiger partial charge in [-0.25, -0.2) is 0 Å². The Labute approximate surface area is 90.3 Å². The van der Waals surface area contributed by atoms with Gasteiger partial charge in [-0.2, -0.15) is 0 Å². The standard InChI is InChI=1S/C13H12O2/c1-3-5-6-7-8-9-10-11-13(15)12(14)4-2/h4,10-15H,2H2,1H3/b11-10+. The molecule has 0 spiro atoms. The number of aliphatic hydroxyl groups excluding tert-OH is 2. The Morgan fingerprint density at radius 2 is 1.73 bits per heavy atom. The van der Waals surface area contributed by atoms with Crippen LogP contribution in [0.5, 0.6) is 0 Å². The minimum absolute atomic E-state index is 0.972. The third-order valence-electron chi connectivity index (χ3n) is 1.35. The highest BCUT2D eigenvalue weighted by molar-refractivity contribution is 5.37. The maximum Gasteiger partial charge on any atom is 0.102 e. The Bertz CT molecular complexity index is 399. The fourth-order valence-corrected chi connectivity index (χ4v) is 0.603. The smallest absolute Gasteiger partial charge is 0.102 e. The fraction of sp³-hybridized carbons (Fsp3) is 0.231. The van der Waals surface area contributed by atoms with E-state index >= 15 is 0 Å². The predicted molar refractivity (Wildman–Crippen MR) is 60.4 cm³/mol. The first-order chi connectivity index (χ1) is 7.22. The summed E-state index contributed by atoms with van der Waals surface area (Å²) >= 11 is 0. The van der Waals surface area contributed by atoms with Gasteiger partial charge in [-0.3, -0.25) is 0 Å². The van der Waals surface area contributed by atoms with Crippen molar-refractivity contribution in [3.05, 3.63) is 24.8 Å². The Morgan fingerprint density at radius 1 is 1.07 bits per heavy atom. The minimum atomic E-state index is -0.986. The monoisotopic (exact) mass is 200 g/mol. The van der Waals surface area contributed by atoms with Gasteiger partial charge in [-0.1, -0.05) is 17.9 Å². The van der Waals surface area contributed by atoms with Crippen LogP contribution in [-0.4, -0.2) is 22.4 Å². The number of rotatable bonds is 3. The van der Waals surface area contributed by atoms with E-state index in [9.17, 15) is 5.11 Å². The molecule has 0 rings (SSSR count). The average Bonchev–Trinajstić information content (AvgIpc) is 2.26. The molecule has 0 aromatic heterocycles. The van der Waals surface area contributed by atoms with Crippen LogP contribution in [-0.2, 0) is 0 Å². The number of allylic oxidation sites excluding steroid dienone is 1. The summed E-state index contributed by atoms with van der Waals surface area (Å²) in [6.07, 6.45) is 2.08. The van der Waals surface area contributed by atoms with Crippen LogP contribution < -0.4 is 0 Å². The molecule has 2 N–H and O–H groups in total. The van der Waals surface area contributed by atoms with Gasteiger partial charge < -0.3 is 10.2 Å². The molecule has 0 aliphatic heterocycles. The van der Waals surface area contributed by atoms with Crippen molar-refractivity contribution < 1.29 is 10.2 Å². The maximum absolute atomic E-state index is 9.22. The number of hydrogen-bond acceptors (Lipinski definition) is 2. The summed E-state index contributed by atoms with van der Waals surface area (Å²) in [5.74, 6) is 15.2. The highest BCUT2D eigenvalue weighted by Crippen LogP contribution is 1.95. The maximum atomic E-state index is 9.22. The molecule has 2 atom stereocenters. The van der Waals surface area contributed by atoms with Gasteiger partial charge >= 0.3 is 0 Å². The molecule has 0 aliphatic rings. The van der Waals surface area contributed by atoms with Gasteiger partial charge in [-0.05, 0) is 42.8 Å². The lowest BCUT2D eigenvalue weighted by Gasteiger charge is -2.07. The van der Waals surface area contributed by atoms with E-state index in [1.165, 1.54) is 18.2 Å². The zero-order valence-electron chi connectivity index (χ0n) is 8.49. The topological polar surface area (TPSA) is 40.5 Å². The second-order valence-electron chi connectivity index (χ2n) is 2.47. The van der Waals surface area contributed by atoms with Gasteiger partial charge in [0.2, 0.25) is 0 Å². The lowest BCUT2D eigenvalue weighted by atomic mass is 10.2. The molecule has 0 aromatic carbocycles. The van der Waals surface area contributed by atoms with Crippen molar-refractivity contribution in [3.8, 4) is 35.5 Å².